The van der Waals surface area contributed by atoms with Crippen LogP contribution in [0, 0.1) is 0 Å². The van der Waals surface area contributed by atoms with Gasteiger partial charge < -0.3 is 10.3 Å². The summed E-state index contributed by atoms with van der Waals surface area (Å²) in [6.45, 7) is 0. The molecule has 0 aliphatic rings. The van der Waals surface area contributed by atoms with Crippen molar-refractivity contribution >= 4 is 33.7 Å². The van der Waals surface area contributed by atoms with Gasteiger partial charge in [-0.05, 0) is 29.8 Å². The van der Waals surface area contributed by atoms with Crippen LogP contribution in [0.2, 0.25) is 0 Å². The number of fused-ring (bicyclic) bond motifs is 2. The van der Waals surface area contributed by atoms with Crippen molar-refractivity contribution in [2.75, 3.05) is 5.32 Å². The molecule has 0 spiro atoms. The van der Waals surface area contributed by atoms with Crippen molar-refractivity contribution < 1.29 is 0 Å². The van der Waals surface area contributed by atoms with Gasteiger partial charge in [0.2, 0.25) is 5.95 Å². The molecular formula is C18H14N8. The lowest BCUT2D eigenvalue weighted by Gasteiger charge is -2.04. The molecule has 5 aromatic rings. The van der Waals surface area contributed by atoms with Crippen LogP contribution < -0.4 is 5.32 Å². The average molecular weight is 342 g/mol. The quantitative estimate of drug-likeness (QED) is 0.523. The Balaban J connectivity index is 1.55. The molecule has 4 heterocycles. The second kappa shape index (κ2) is 5.62. The van der Waals surface area contributed by atoms with E-state index < -0.39 is 0 Å². The molecule has 0 fully saturated rings. The highest BCUT2D eigenvalue weighted by Gasteiger charge is 2.11. The number of anilines is 2. The molecule has 0 radical (unpaired) electrons. The van der Waals surface area contributed by atoms with Crippen LogP contribution in [0.25, 0.3) is 33.2 Å². The third-order valence-electron chi connectivity index (χ3n) is 4.29. The van der Waals surface area contributed by atoms with Crippen molar-refractivity contribution in [1.82, 2.24) is 34.9 Å². The number of H-pyrrole nitrogens is 1. The highest BCUT2D eigenvalue weighted by atomic mass is 15.4. The first kappa shape index (κ1) is 14.5. The van der Waals surface area contributed by atoms with E-state index in [9.17, 15) is 0 Å². The van der Waals surface area contributed by atoms with E-state index in [2.05, 4.69) is 41.6 Å². The van der Waals surface area contributed by atoms with Crippen LogP contribution >= 0.6 is 0 Å². The Hall–Kier alpha value is -3.81. The number of benzene rings is 1. The number of hydrogen-bond acceptors (Lipinski definition) is 6. The van der Waals surface area contributed by atoms with Crippen molar-refractivity contribution in [3.63, 3.8) is 0 Å². The van der Waals surface area contributed by atoms with E-state index in [-0.39, 0.29) is 0 Å². The molecule has 0 unspecified atom stereocenters. The molecule has 0 amide bonds. The lowest BCUT2D eigenvalue weighted by Crippen LogP contribution is -1.96. The van der Waals surface area contributed by atoms with Crippen molar-refractivity contribution in [1.29, 1.82) is 0 Å². The molecule has 5 rings (SSSR count). The van der Waals surface area contributed by atoms with Gasteiger partial charge in [-0.2, -0.15) is 4.98 Å². The molecule has 0 saturated carbocycles. The summed E-state index contributed by atoms with van der Waals surface area (Å²) in [4.78, 5) is 16.2. The zero-order valence-corrected chi connectivity index (χ0v) is 13.9. The fourth-order valence-electron chi connectivity index (χ4n) is 2.97. The minimum Gasteiger partial charge on any atom is -0.345 e. The first-order valence-electron chi connectivity index (χ1n) is 8.09. The molecule has 0 saturated heterocycles. The van der Waals surface area contributed by atoms with Gasteiger partial charge in [0.25, 0.3) is 0 Å². The maximum atomic E-state index is 4.56. The van der Waals surface area contributed by atoms with E-state index in [1.807, 2.05) is 43.7 Å². The maximum absolute atomic E-state index is 4.56. The van der Waals surface area contributed by atoms with Gasteiger partial charge in [-0.3, -0.25) is 4.98 Å². The van der Waals surface area contributed by atoms with Crippen LogP contribution in [-0.2, 0) is 7.05 Å². The van der Waals surface area contributed by atoms with E-state index in [0.29, 0.717) is 5.95 Å². The van der Waals surface area contributed by atoms with Gasteiger partial charge in [0.15, 0.2) is 0 Å². The number of pyridine rings is 1. The Bertz CT molecular complexity index is 1220. The fraction of sp³-hybridized carbons (Fsp3) is 0.0556. The van der Waals surface area contributed by atoms with E-state index in [1.54, 1.807) is 17.1 Å². The SMILES string of the molecule is Cn1nnc2ccc(-c3c[nH]c4nc(Nc5ccncc5)ncc34)cc21. The monoisotopic (exact) mass is 342 g/mol. The number of aromatic amines is 1. The molecule has 1 aromatic carbocycles. The molecule has 8 nitrogen and oxygen atoms in total. The van der Waals surface area contributed by atoms with Crippen molar-refractivity contribution in [2.24, 2.45) is 7.05 Å². The third-order valence-corrected chi connectivity index (χ3v) is 4.29. The summed E-state index contributed by atoms with van der Waals surface area (Å²) in [6, 6.07) is 9.80. The fourth-order valence-corrected chi connectivity index (χ4v) is 2.97. The summed E-state index contributed by atoms with van der Waals surface area (Å²) in [5.74, 6) is 0.531. The van der Waals surface area contributed by atoms with Crippen LogP contribution in [0.1, 0.15) is 0 Å². The zero-order chi connectivity index (χ0) is 17.5. The van der Waals surface area contributed by atoms with Gasteiger partial charge in [-0.15, -0.1) is 5.10 Å². The normalized spacial score (nSPS) is 11.3. The van der Waals surface area contributed by atoms with Crippen molar-refractivity contribution in [3.05, 3.63) is 55.1 Å². The third kappa shape index (κ3) is 2.35. The number of nitrogens with zero attached hydrogens (tertiary/aromatic N) is 6. The first-order valence-corrected chi connectivity index (χ1v) is 8.09. The molecule has 2 N–H and O–H groups in total. The molecule has 126 valence electrons. The van der Waals surface area contributed by atoms with Gasteiger partial charge >= 0.3 is 0 Å². The molecule has 4 aromatic heterocycles. The van der Waals surface area contributed by atoms with Crippen LogP contribution in [0.5, 0.6) is 0 Å². The molecule has 0 aliphatic carbocycles. The van der Waals surface area contributed by atoms with E-state index in [1.165, 1.54) is 0 Å². The molecular weight excluding hydrogens is 328 g/mol. The number of hydrogen-bond donors (Lipinski definition) is 2. The first-order chi connectivity index (χ1) is 12.8. The van der Waals surface area contributed by atoms with Crippen LogP contribution in [0.4, 0.5) is 11.6 Å². The predicted octanol–water partition coefficient (Wildman–Crippen LogP) is 3.05. The summed E-state index contributed by atoms with van der Waals surface area (Å²) in [6.07, 6.45) is 7.21. The van der Waals surface area contributed by atoms with E-state index >= 15 is 0 Å². The number of nitrogens with one attached hydrogen (secondary N) is 2. The van der Waals surface area contributed by atoms with Gasteiger partial charge in [-0.25, -0.2) is 9.67 Å². The maximum Gasteiger partial charge on any atom is 0.229 e. The second-order valence-corrected chi connectivity index (χ2v) is 5.94. The lowest BCUT2D eigenvalue weighted by atomic mass is 10.1. The Morgan fingerprint density at radius 3 is 2.88 bits per heavy atom. The highest BCUT2D eigenvalue weighted by molar-refractivity contribution is 5.95. The molecule has 8 heteroatoms. The summed E-state index contributed by atoms with van der Waals surface area (Å²) >= 11 is 0. The highest BCUT2D eigenvalue weighted by Crippen LogP contribution is 2.30. The smallest absolute Gasteiger partial charge is 0.229 e. The van der Waals surface area contributed by atoms with Crippen molar-refractivity contribution in [3.8, 4) is 11.1 Å². The number of aryl methyl sites for hydroxylation is 1. The Morgan fingerprint density at radius 2 is 2.00 bits per heavy atom. The van der Waals surface area contributed by atoms with Gasteiger partial charge in [0.05, 0.1) is 5.52 Å². The molecule has 0 bridgehead atoms. The van der Waals surface area contributed by atoms with Gasteiger partial charge in [0, 0.05) is 48.5 Å². The zero-order valence-electron chi connectivity index (χ0n) is 13.9. The Labute approximate surface area is 147 Å². The Kier molecular flexibility index (Phi) is 3.14. The second-order valence-electron chi connectivity index (χ2n) is 5.94. The summed E-state index contributed by atoms with van der Waals surface area (Å²) < 4.78 is 1.76. The predicted molar refractivity (Wildman–Crippen MR) is 98.9 cm³/mol. The minimum atomic E-state index is 0.531. The van der Waals surface area contributed by atoms with Crippen LogP contribution in [0.3, 0.4) is 0 Å². The average Bonchev–Trinajstić information content (AvgIpc) is 3.26. The van der Waals surface area contributed by atoms with Crippen molar-refractivity contribution in [2.45, 2.75) is 0 Å². The van der Waals surface area contributed by atoms with Gasteiger partial charge in [0.1, 0.15) is 11.2 Å². The standard InChI is InChI=1S/C18H14N8/c1-26-16-8-11(2-3-15(16)24-25-26)13-9-20-17-14(13)10-21-18(23-17)22-12-4-6-19-7-5-12/h2-10H,1H3,(H2,19,20,21,22,23). The van der Waals surface area contributed by atoms with E-state index in [0.717, 1.165) is 38.9 Å². The Morgan fingerprint density at radius 1 is 1.12 bits per heavy atom. The van der Waals surface area contributed by atoms with E-state index in [4.69, 9.17) is 0 Å². The van der Waals surface area contributed by atoms with Crippen LogP contribution in [0.15, 0.2) is 55.1 Å². The molecule has 0 atom stereocenters. The summed E-state index contributed by atoms with van der Waals surface area (Å²) in [7, 11) is 1.88. The number of aromatic nitrogens is 7. The number of rotatable bonds is 3. The minimum absolute atomic E-state index is 0.531. The van der Waals surface area contributed by atoms with Crippen LogP contribution in [-0.4, -0.2) is 34.9 Å². The summed E-state index contributed by atoms with van der Waals surface area (Å²) in [5.41, 5.74) is 5.62. The van der Waals surface area contributed by atoms with Gasteiger partial charge in [-0.1, -0.05) is 11.3 Å². The molecule has 26 heavy (non-hydrogen) atoms. The largest absolute Gasteiger partial charge is 0.345 e. The summed E-state index contributed by atoms with van der Waals surface area (Å²) in [5, 5.41) is 12.3. The molecule has 0 aliphatic heterocycles. The topological polar surface area (TPSA) is 97.2 Å². The lowest BCUT2D eigenvalue weighted by molar-refractivity contribution is 0.736.